The van der Waals surface area contributed by atoms with Crippen LogP contribution in [0.2, 0.25) is 0 Å². The van der Waals surface area contributed by atoms with E-state index >= 15 is 0 Å². The Bertz CT molecular complexity index is 2800. The summed E-state index contributed by atoms with van der Waals surface area (Å²) in [5.41, 5.74) is 12.0. The van der Waals surface area contributed by atoms with Crippen molar-refractivity contribution in [2.45, 2.75) is 0 Å². The highest BCUT2D eigenvalue weighted by molar-refractivity contribution is 6.23. The highest BCUT2D eigenvalue weighted by Gasteiger charge is 2.20. The van der Waals surface area contributed by atoms with Crippen LogP contribution >= 0.6 is 0 Å². The van der Waals surface area contributed by atoms with Gasteiger partial charge in [-0.25, -0.2) is 0 Å². The fourth-order valence-corrected chi connectivity index (χ4v) is 7.67. The topological polar surface area (TPSA) is 9.86 Å². The van der Waals surface area contributed by atoms with Crippen LogP contribution in [0.25, 0.3) is 88.0 Å². The number of benzene rings is 8. The van der Waals surface area contributed by atoms with E-state index in [-0.39, 0.29) is 0 Å². The summed E-state index contributed by atoms with van der Waals surface area (Å²) < 4.78 is 4.90. The van der Waals surface area contributed by atoms with E-state index in [2.05, 4.69) is 191 Å². The fraction of sp³-hybridized carbons (Fsp3) is 0. The Hall–Kier alpha value is -6.38. The van der Waals surface area contributed by atoms with E-state index in [1.165, 1.54) is 76.6 Å². The lowest BCUT2D eigenvalue weighted by molar-refractivity contribution is 1.17. The van der Waals surface area contributed by atoms with Gasteiger partial charge in [0, 0.05) is 38.3 Å². The summed E-state index contributed by atoms with van der Waals surface area (Å²) in [6, 6.07) is 66.2. The van der Waals surface area contributed by atoms with Crippen molar-refractivity contribution in [1.29, 1.82) is 0 Å². The molecular weight excluding hydrogens is 581 g/mol. The minimum absolute atomic E-state index is 1.15. The molecule has 2 aromatic heterocycles. The summed E-state index contributed by atoms with van der Waals surface area (Å²) in [6.45, 7) is 0. The van der Waals surface area contributed by atoms with Crippen molar-refractivity contribution >= 4 is 54.4 Å². The molecule has 224 valence electrons. The third kappa shape index (κ3) is 4.06. The van der Waals surface area contributed by atoms with Gasteiger partial charge in [-0.3, -0.25) is 0 Å². The van der Waals surface area contributed by atoms with Crippen molar-refractivity contribution in [2.24, 2.45) is 0 Å². The maximum atomic E-state index is 2.46. The number of fused-ring (bicyclic) bond motifs is 8. The number of nitrogens with zero attached hydrogens (tertiary/aromatic N) is 2. The zero-order valence-corrected chi connectivity index (χ0v) is 26.2. The summed E-state index contributed by atoms with van der Waals surface area (Å²) >= 11 is 0. The Morgan fingerprint density at radius 2 is 0.854 bits per heavy atom. The highest BCUT2D eigenvalue weighted by atomic mass is 15.0. The van der Waals surface area contributed by atoms with Gasteiger partial charge in [0.1, 0.15) is 0 Å². The average Bonchev–Trinajstić information content (AvgIpc) is 3.67. The van der Waals surface area contributed by atoms with Crippen LogP contribution in [-0.4, -0.2) is 9.13 Å². The third-order valence-corrected chi connectivity index (χ3v) is 9.89. The predicted octanol–water partition coefficient (Wildman–Crippen LogP) is 12.4. The van der Waals surface area contributed by atoms with Crippen molar-refractivity contribution in [2.75, 3.05) is 0 Å². The van der Waals surface area contributed by atoms with Crippen LogP contribution in [0.3, 0.4) is 0 Å². The minimum atomic E-state index is 1.15. The Kier molecular flexibility index (Phi) is 5.91. The summed E-state index contributed by atoms with van der Waals surface area (Å²) in [5.74, 6) is 0. The molecule has 0 saturated carbocycles. The maximum absolute atomic E-state index is 2.46. The van der Waals surface area contributed by atoms with Gasteiger partial charge >= 0.3 is 0 Å². The molecule has 0 saturated heterocycles. The van der Waals surface area contributed by atoms with Gasteiger partial charge in [0.2, 0.25) is 0 Å². The molecule has 0 aliphatic rings. The van der Waals surface area contributed by atoms with Gasteiger partial charge in [-0.2, -0.15) is 0 Å². The van der Waals surface area contributed by atoms with E-state index in [9.17, 15) is 0 Å². The Labute approximate surface area is 278 Å². The van der Waals surface area contributed by atoms with E-state index in [1.54, 1.807) is 0 Å². The van der Waals surface area contributed by atoms with E-state index in [1.807, 2.05) is 0 Å². The van der Waals surface area contributed by atoms with Crippen LogP contribution in [0.15, 0.2) is 182 Å². The van der Waals surface area contributed by atoms with Crippen LogP contribution in [0.4, 0.5) is 0 Å². The molecule has 48 heavy (non-hydrogen) atoms. The molecule has 0 aliphatic heterocycles. The van der Waals surface area contributed by atoms with Gasteiger partial charge < -0.3 is 9.13 Å². The molecule has 0 unspecified atom stereocenters. The van der Waals surface area contributed by atoms with Crippen molar-refractivity contribution in [3.63, 3.8) is 0 Å². The molecule has 0 bridgehead atoms. The molecule has 2 heterocycles. The summed E-state index contributed by atoms with van der Waals surface area (Å²) in [7, 11) is 0. The van der Waals surface area contributed by atoms with Gasteiger partial charge in [-0.15, -0.1) is 0 Å². The lowest BCUT2D eigenvalue weighted by Gasteiger charge is -2.12. The quantitative estimate of drug-likeness (QED) is 0.188. The first-order valence-corrected chi connectivity index (χ1v) is 16.5. The Balaban J connectivity index is 1.23. The lowest BCUT2D eigenvalue weighted by atomic mass is 10.00. The molecule has 0 spiro atoms. The molecule has 10 aromatic rings. The molecule has 0 N–H and O–H groups in total. The predicted molar refractivity (Wildman–Crippen MR) is 203 cm³/mol. The first kappa shape index (κ1) is 26.8. The van der Waals surface area contributed by atoms with Gasteiger partial charge in [0.05, 0.1) is 22.1 Å². The van der Waals surface area contributed by atoms with Gasteiger partial charge in [0.25, 0.3) is 0 Å². The lowest BCUT2D eigenvalue weighted by Crippen LogP contribution is -1.96. The number of hydrogen-bond acceptors (Lipinski definition) is 0. The molecule has 0 amide bonds. The molecule has 0 radical (unpaired) electrons. The van der Waals surface area contributed by atoms with Gasteiger partial charge in [-0.1, -0.05) is 140 Å². The molecule has 2 heteroatoms. The van der Waals surface area contributed by atoms with Gasteiger partial charge in [0.15, 0.2) is 0 Å². The number of hydrogen-bond donors (Lipinski definition) is 0. The van der Waals surface area contributed by atoms with Gasteiger partial charge in [-0.05, 0) is 70.1 Å². The molecule has 8 aromatic carbocycles. The number of rotatable bonds is 4. The standard InChI is InChI=1S/C46H30N2/c1-3-12-31(13-4-1)32-22-24-33(25-23-32)35-15-11-18-37(28-35)47-43-21-10-9-20-39(43)41-29-42-40-27-26-34-14-7-8-19-38(34)46(40)48(45(42)30-44(41)47)36-16-5-2-6-17-36/h1-30H. The van der Waals surface area contributed by atoms with Crippen LogP contribution in [0.1, 0.15) is 0 Å². The Morgan fingerprint density at radius 3 is 1.67 bits per heavy atom. The molecule has 2 nitrogen and oxygen atoms in total. The third-order valence-electron chi connectivity index (χ3n) is 9.89. The summed E-state index contributed by atoms with van der Waals surface area (Å²) in [4.78, 5) is 0. The van der Waals surface area contributed by atoms with Crippen molar-refractivity contribution in [3.05, 3.63) is 182 Å². The van der Waals surface area contributed by atoms with Crippen molar-refractivity contribution < 1.29 is 0 Å². The molecular formula is C46H30N2. The zero-order valence-electron chi connectivity index (χ0n) is 26.2. The average molecular weight is 611 g/mol. The zero-order chi connectivity index (χ0) is 31.6. The van der Waals surface area contributed by atoms with E-state index in [0.29, 0.717) is 0 Å². The van der Waals surface area contributed by atoms with E-state index < -0.39 is 0 Å². The SMILES string of the molecule is c1ccc(-c2ccc(-c3cccc(-n4c5ccccc5c5cc6c7ccc8ccccc8c7n(-c7ccccc7)c6cc54)c3)cc2)cc1. The normalized spacial score (nSPS) is 11.8. The summed E-state index contributed by atoms with van der Waals surface area (Å²) in [5, 5.41) is 7.57. The largest absolute Gasteiger partial charge is 0.309 e. The van der Waals surface area contributed by atoms with Crippen LogP contribution < -0.4 is 0 Å². The molecule has 10 rings (SSSR count). The molecule has 0 fully saturated rings. The highest BCUT2D eigenvalue weighted by Crippen LogP contribution is 2.42. The second kappa shape index (κ2) is 10.6. The molecule has 0 atom stereocenters. The minimum Gasteiger partial charge on any atom is -0.309 e. The Morgan fingerprint density at radius 1 is 0.271 bits per heavy atom. The first-order valence-electron chi connectivity index (χ1n) is 16.5. The fourth-order valence-electron chi connectivity index (χ4n) is 7.67. The second-order valence-electron chi connectivity index (χ2n) is 12.6. The number of aromatic nitrogens is 2. The van der Waals surface area contributed by atoms with Crippen molar-refractivity contribution in [1.82, 2.24) is 9.13 Å². The monoisotopic (exact) mass is 610 g/mol. The first-order chi connectivity index (χ1) is 23.8. The molecule has 0 aliphatic carbocycles. The maximum Gasteiger partial charge on any atom is 0.0619 e. The van der Waals surface area contributed by atoms with Crippen molar-refractivity contribution in [3.8, 4) is 33.6 Å². The van der Waals surface area contributed by atoms with E-state index in [0.717, 1.165) is 11.4 Å². The smallest absolute Gasteiger partial charge is 0.0619 e. The summed E-state index contributed by atoms with van der Waals surface area (Å²) in [6.07, 6.45) is 0. The van der Waals surface area contributed by atoms with E-state index in [4.69, 9.17) is 0 Å². The van der Waals surface area contributed by atoms with Crippen LogP contribution in [-0.2, 0) is 0 Å². The number of para-hydroxylation sites is 2. The van der Waals surface area contributed by atoms with Crippen LogP contribution in [0, 0.1) is 0 Å². The second-order valence-corrected chi connectivity index (χ2v) is 12.6. The van der Waals surface area contributed by atoms with Crippen LogP contribution in [0.5, 0.6) is 0 Å².